The molecule has 0 spiro atoms. The lowest BCUT2D eigenvalue weighted by Gasteiger charge is -2.39. The fraction of sp³-hybridized carbons (Fsp3) is 0.350. The molecule has 1 saturated heterocycles. The minimum absolute atomic E-state index is 0.0573. The first-order valence-electron chi connectivity index (χ1n) is 8.63. The molecule has 4 rings (SSSR count). The lowest BCUT2D eigenvalue weighted by atomic mass is 10.0. The Labute approximate surface area is 142 Å². The summed E-state index contributed by atoms with van der Waals surface area (Å²) in [6.45, 7) is 5.03. The molecule has 1 aliphatic carbocycles. The fourth-order valence-electron chi connectivity index (χ4n) is 4.01. The molecule has 2 aromatic carbocycles. The van der Waals surface area contributed by atoms with Crippen molar-refractivity contribution < 1.29 is 4.79 Å². The highest BCUT2D eigenvalue weighted by Gasteiger charge is 2.34. The van der Waals surface area contributed by atoms with Crippen LogP contribution in [0.1, 0.15) is 24.1 Å². The number of fused-ring (bicyclic) bond motifs is 3. The predicted molar refractivity (Wildman–Crippen MR) is 95.5 cm³/mol. The number of nitrogens with two attached hydrogens (primary N) is 1. The van der Waals surface area contributed by atoms with Gasteiger partial charge in [0.1, 0.15) is 0 Å². The maximum atomic E-state index is 12.1. The second-order valence-corrected chi connectivity index (χ2v) is 6.73. The molecule has 1 aliphatic heterocycles. The molecule has 0 radical (unpaired) electrons. The first-order chi connectivity index (χ1) is 11.7. The number of hydrogen-bond acceptors (Lipinski definition) is 3. The molecule has 1 unspecified atom stereocenters. The van der Waals surface area contributed by atoms with Crippen LogP contribution in [0.5, 0.6) is 0 Å². The average Bonchev–Trinajstić information content (AvgIpc) is 2.96. The summed E-state index contributed by atoms with van der Waals surface area (Å²) in [5, 5.41) is 0. The van der Waals surface area contributed by atoms with Crippen LogP contribution in [-0.4, -0.2) is 47.9 Å². The Kier molecular flexibility index (Phi) is 3.87. The molecular formula is C20H23N3O. The standard InChI is InChI=1S/C20H23N3O/c1-14(21)20(24)23-12-10-22(11-13-23)19-17-8-4-2-6-15(17)16-7-3-5-9-18(16)19/h2-9,14,19H,10-13,21H2,1H3. The predicted octanol–water partition coefficient (Wildman–Crippen LogP) is 2.25. The van der Waals surface area contributed by atoms with Crippen LogP contribution >= 0.6 is 0 Å². The first kappa shape index (κ1) is 15.4. The van der Waals surface area contributed by atoms with Gasteiger partial charge in [0.2, 0.25) is 5.91 Å². The molecule has 1 amide bonds. The van der Waals surface area contributed by atoms with E-state index in [0.29, 0.717) is 6.04 Å². The first-order valence-corrected chi connectivity index (χ1v) is 8.63. The minimum atomic E-state index is -0.413. The van der Waals surface area contributed by atoms with Gasteiger partial charge < -0.3 is 10.6 Å². The molecule has 1 heterocycles. The third kappa shape index (κ3) is 2.43. The van der Waals surface area contributed by atoms with Crippen molar-refractivity contribution in [3.05, 3.63) is 59.7 Å². The number of carbonyl (C=O) groups is 1. The van der Waals surface area contributed by atoms with Gasteiger partial charge in [-0.15, -0.1) is 0 Å². The molecule has 2 aliphatic rings. The number of hydrogen-bond donors (Lipinski definition) is 1. The molecule has 4 heteroatoms. The highest BCUT2D eigenvalue weighted by molar-refractivity contribution is 5.81. The summed E-state index contributed by atoms with van der Waals surface area (Å²) in [5.41, 5.74) is 11.2. The largest absolute Gasteiger partial charge is 0.339 e. The maximum Gasteiger partial charge on any atom is 0.239 e. The van der Waals surface area contributed by atoms with E-state index in [2.05, 4.69) is 53.4 Å². The van der Waals surface area contributed by atoms with E-state index in [4.69, 9.17) is 5.73 Å². The van der Waals surface area contributed by atoms with E-state index in [1.54, 1.807) is 6.92 Å². The second kappa shape index (κ2) is 6.04. The SMILES string of the molecule is CC(N)C(=O)N1CCN(C2c3ccccc3-c3ccccc32)CC1. The van der Waals surface area contributed by atoms with E-state index in [0.717, 1.165) is 26.2 Å². The summed E-state index contributed by atoms with van der Waals surface area (Å²) >= 11 is 0. The lowest BCUT2D eigenvalue weighted by molar-refractivity contribution is -0.134. The number of benzene rings is 2. The van der Waals surface area contributed by atoms with E-state index in [-0.39, 0.29) is 5.91 Å². The van der Waals surface area contributed by atoms with Gasteiger partial charge in [-0.2, -0.15) is 0 Å². The molecule has 2 aromatic rings. The van der Waals surface area contributed by atoms with Crippen LogP contribution in [0.3, 0.4) is 0 Å². The minimum Gasteiger partial charge on any atom is -0.339 e. The van der Waals surface area contributed by atoms with Crippen molar-refractivity contribution in [1.82, 2.24) is 9.80 Å². The van der Waals surface area contributed by atoms with Crippen molar-refractivity contribution in [3.8, 4) is 11.1 Å². The quantitative estimate of drug-likeness (QED) is 0.923. The van der Waals surface area contributed by atoms with Crippen molar-refractivity contribution in [1.29, 1.82) is 0 Å². The zero-order valence-corrected chi connectivity index (χ0v) is 14.0. The van der Waals surface area contributed by atoms with Gasteiger partial charge in [0.05, 0.1) is 12.1 Å². The Morgan fingerprint density at radius 3 is 1.96 bits per heavy atom. The normalized spacial score (nSPS) is 19.0. The Balaban J connectivity index is 1.61. The van der Waals surface area contributed by atoms with E-state index in [1.165, 1.54) is 22.3 Å². The molecule has 24 heavy (non-hydrogen) atoms. The van der Waals surface area contributed by atoms with Gasteiger partial charge in [-0.05, 0) is 29.2 Å². The van der Waals surface area contributed by atoms with Gasteiger partial charge in [0.15, 0.2) is 0 Å². The smallest absolute Gasteiger partial charge is 0.239 e. The van der Waals surface area contributed by atoms with Gasteiger partial charge in [-0.25, -0.2) is 0 Å². The molecule has 0 bridgehead atoms. The monoisotopic (exact) mass is 321 g/mol. The van der Waals surface area contributed by atoms with E-state index < -0.39 is 6.04 Å². The molecule has 124 valence electrons. The van der Waals surface area contributed by atoms with Crippen molar-refractivity contribution in [3.63, 3.8) is 0 Å². The van der Waals surface area contributed by atoms with E-state index in [1.807, 2.05) is 4.90 Å². The molecular weight excluding hydrogens is 298 g/mol. The second-order valence-electron chi connectivity index (χ2n) is 6.73. The summed E-state index contributed by atoms with van der Waals surface area (Å²) < 4.78 is 0. The van der Waals surface area contributed by atoms with Crippen LogP contribution in [0.4, 0.5) is 0 Å². The summed E-state index contributed by atoms with van der Waals surface area (Å²) in [4.78, 5) is 16.5. The van der Waals surface area contributed by atoms with Crippen molar-refractivity contribution in [2.75, 3.05) is 26.2 Å². The van der Waals surface area contributed by atoms with Crippen LogP contribution in [0, 0.1) is 0 Å². The number of piperazine rings is 1. The summed E-state index contributed by atoms with van der Waals surface area (Å²) in [6.07, 6.45) is 0. The van der Waals surface area contributed by atoms with E-state index in [9.17, 15) is 4.79 Å². The topological polar surface area (TPSA) is 49.6 Å². The molecule has 0 saturated carbocycles. The summed E-state index contributed by atoms with van der Waals surface area (Å²) in [7, 11) is 0. The number of carbonyl (C=O) groups excluding carboxylic acids is 1. The fourth-order valence-corrected chi connectivity index (χ4v) is 4.01. The van der Waals surface area contributed by atoms with Gasteiger partial charge in [-0.3, -0.25) is 9.69 Å². The van der Waals surface area contributed by atoms with Crippen LogP contribution in [0.25, 0.3) is 11.1 Å². The summed E-state index contributed by atoms with van der Waals surface area (Å²) in [5.74, 6) is 0.0573. The van der Waals surface area contributed by atoms with Crippen LogP contribution in [0.15, 0.2) is 48.5 Å². The van der Waals surface area contributed by atoms with Crippen molar-refractivity contribution >= 4 is 5.91 Å². The molecule has 0 aromatic heterocycles. The number of rotatable bonds is 2. The average molecular weight is 321 g/mol. The van der Waals surface area contributed by atoms with Crippen LogP contribution < -0.4 is 5.73 Å². The molecule has 1 fully saturated rings. The van der Waals surface area contributed by atoms with E-state index >= 15 is 0 Å². The van der Waals surface area contributed by atoms with Gasteiger partial charge in [0.25, 0.3) is 0 Å². The molecule has 2 N–H and O–H groups in total. The van der Waals surface area contributed by atoms with Crippen LogP contribution in [0.2, 0.25) is 0 Å². The van der Waals surface area contributed by atoms with Gasteiger partial charge >= 0.3 is 0 Å². The van der Waals surface area contributed by atoms with Crippen molar-refractivity contribution in [2.45, 2.75) is 19.0 Å². The Hall–Kier alpha value is -2.17. The Morgan fingerprint density at radius 2 is 1.46 bits per heavy atom. The maximum absolute atomic E-state index is 12.1. The van der Waals surface area contributed by atoms with Gasteiger partial charge in [0, 0.05) is 26.2 Å². The lowest BCUT2D eigenvalue weighted by Crippen LogP contribution is -2.53. The van der Waals surface area contributed by atoms with Gasteiger partial charge in [-0.1, -0.05) is 48.5 Å². The Morgan fingerprint density at radius 1 is 0.958 bits per heavy atom. The molecule has 4 nitrogen and oxygen atoms in total. The Bertz CT molecular complexity index is 717. The third-order valence-electron chi connectivity index (χ3n) is 5.18. The third-order valence-corrected chi connectivity index (χ3v) is 5.18. The van der Waals surface area contributed by atoms with Crippen LogP contribution in [-0.2, 0) is 4.79 Å². The highest BCUT2D eigenvalue weighted by atomic mass is 16.2. The highest BCUT2D eigenvalue weighted by Crippen LogP contribution is 2.46. The number of nitrogens with zero attached hydrogens (tertiary/aromatic N) is 2. The number of amides is 1. The molecule has 1 atom stereocenters. The summed E-state index contributed by atoms with van der Waals surface area (Å²) in [6, 6.07) is 17.2. The van der Waals surface area contributed by atoms with Crippen molar-refractivity contribution in [2.24, 2.45) is 5.73 Å². The zero-order chi connectivity index (χ0) is 16.7. The zero-order valence-electron chi connectivity index (χ0n) is 14.0.